The van der Waals surface area contributed by atoms with Crippen LogP contribution in [0.5, 0.6) is 0 Å². The van der Waals surface area contributed by atoms with Gasteiger partial charge in [0.05, 0.1) is 5.57 Å². The minimum atomic E-state index is 0.842. The molecule has 0 unspecified atom stereocenters. The molecule has 2 heteroatoms. The minimum absolute atomic E-state index is 0.842. The van der Waals surface area contributed by atoms with Crippen LogP contribution in [0.4, 0.5) is 0 Å². The van der Waals surface area contributed by atoms with Crippen molar-refractivity contribution in [3.8, 4) is 0 Å². The molecular weight excluding hydrogens is 629 g/mol. The highest BCUT2D eigenvalue weighted by Crippen LogP contribution is 2.35. The quantitative estimate of drug-likeness (QED) is 0.0255. The number of benzene rings is 2. The second-order valence-corrected chi connectivity index (χ2v) is 15.4. The molecule has 0 aliphatic heterocycles. The molecule has 0 saturated carbocycles. The molecular formula is C50H78N2. The van der Waals surface area contributed by atoms with Gasteiger partial charge < -0.3 is 5.53 Å². The predicted molar refractivity (Wildman–Crippen MR) is 231 cm³/mol. The fourth-order valence-corrected chi connectivity index (χ4v) is 7.41. The third kappa shape index (κ3) is 18.2. The molecule has 288 valence electrons. The van der Waals surface area contributed by atoms with Crippen LogP contribution in [-0.2, 0) is 25.7 Å². The number of nitrogens with zero attached hydrogens (tertiary/aromatic N) is 2. The van der Waals surface area contributed by atoms with Crippen LogP contribution >= 0.6 is 0 Å². The van der Waals surface area contributed by atoms with Crippen LogP contribution < -0.4 is 0 Å². The van der Waals surface area contributed by atoms with Gasteiger partial charge >= 0.3 is 5.87 Å². The van der Waals surface area contributed by atoms with E-state index in [2.05, 4.69) is 101 Å². The van der Waals surface area contributed by atoms with E-state index in [0.717, 1.165) is 56.9 Å². The SMILES string of the molecule is CCCCCCCCCCCCCCCCC=CC(C(=C=[N+]=[N-])CCCC)=C(c1cc(CC)cc(CC)c1)c1cc(CCCC)cc(CCCC)c1. The summed E-state index contributed by atoms with van der Waals surface area (Å²) in [6.07, 6.45) is 37.1. The maximum absolute atomic E-state index is 9.91. The largest absolute Gasteiger partial charge is 0.348 e. The van der Waals surface area contributed by atoms with Crippen LogP contribution in [0.2, 0.25) is 0 Å². The minimum Gasteiger partial charge on any atom is -0.348 e. The molecule has 0 aromatic heterocycles. The van der Waals surface area contributed by atoms with E-state index in [1.807, 2.05) is 0 Å². The van der Waals surface area contributed by atoms with Crippen molar-refractivity contribution in [3.63, 3.8) is 0 Å². The summed E-state index contributed by atoms with van der Waals surface area (Å²) in [4.78, 5) is 3.53. The van der Waals surface area contributed by atoms with Crippen LogP contribution in [0.3, 0.4) is 0 Å². The Hall–Kier alpha value is -2.92. The Kier molecular flexibility index (Phi) is 25.7. The molecule has 0 amide bonds. The van der Waals surface area contributed by atoms with E-state index in [-0.39, 0.29) is 0 Å². The molecule has 0 radical (unpaired) electrons. The average Bonchev–Trinajstić information content (AvgIpc) is 3.16. The summed E-state index contributed by atoms with van der Waals surface area (Å²) in [5.74, 6) is 3.09. The lowest BCUT2D eigenvalue weighted by Gasteiger charge is -2.19. The molecule has 52 heavy (non-hydrogen) atoms. The molecule has 2 aromatic carbocycles. The van der Waals surface area contributed by atoms with E-state index >= 15 is 0 Å². The van der Waals surface area contributed by atoms with E-state index in [1.165, 1.54) is 160 Å². The Balaban J connectivity index is 2.41. The van der Waals surface area contributed by atoms with Crippen molar-refractivity contribution >= 4 is 11.4 Å². The maximum Gasteiger partial charge on any atom is 0.303 e. The fourth-order valence-electron chi connectivity index (χ4n) is 7.41. The summed E-state index contributed by atoms with van der Waals surface area (Å²) in [7, 11) is 0. The van der Waals surface area contributed by atoms with E-state index in [1.54, 1.807) is 0 Å². The zero-order chi connectivity index (χ0) is 37.7. The Morgan fingerprint density at radius 2 is 0.942 bits per heavy atom. The number of unbranched alkanes of at least 4 members (excludes halogenated alkanes) is 17. The normalized spacial score (nSPS) is 11.9. The van der Waals surface area contributed by atoms with Gasteiger partial charge in [-0.2, -0.15) is 0 Å². The van der Waals surface area contributed by atoms with Gasteiger partial charge in [0.2, 0.25) is 0 Å². The molecule has 0 heterocycles. The summed E-state index contributed by atoms with van der Waals surface area (Å²) in [5, 5.41) is 0. The molecule has 2 rings (SSSR count). The molecule has 2 aromatic rings. The number of hydrogen-bond donors (Lipinski definition) is 0. The van der Waals surface area contributed by atoms with Crippen LogP contribution in [-0.4, -0.2) is 10.7 Å². The maximum atomic E-state index is 9.91. The summed E-state index contributed by atoms with van der Waals surface area (Å²) in [5.41, 5.74) is 21.5. The second kappa shape index (κ2) is 29.5. The number of allylic oxidation sites excluding steroid dienone is 4. The zero-order valence-corrected chi connectivity index (χ0v) is 34.9. The zero-order valence-electron chi connectivity index (χ0n) is 34.9. The predicted octanol–water partition coefficient (Wildman–Crippen LogP) is 15.7. The molecule has 0 saturated heterocycles. The second-order valence-electron chi connectivity index (χ2n) is 15.4. The van der Waals surface area contributed by atoms with Crippen LogP contribution in [0.1, 0.15) is 216 Å². The molecule has 0 aliphatic rings. The first-order chi connectivity index (χ1) is 25.5. The summed E-state index contributed by atoms with van der Waals surface area (Å²) >= 11 is 0. The van der Waals surface area contributed by atoms with Gasteiger partial charge in [-0.15, -0.1) is 4.79 Å². The molecule has 2 nitrogen and oxygen atoms in total. The first-order valence-corrected chi connectivity index (χ1v) is 22.2. The third-order valence-corrected chi connectivity index (χ3v) is 10.7. The van der Waals surface area contributed by atoms with Gasteiger partial charge in [0, 0.05) is 5.57 Å². The number of rotatable bonds is 30. The molecule has 0 fully saturated rings. The molecule has 0 aliphatic carbocycles. The van der Waals surface area contributed by atoms with E-state index in [4.69, 9.17) is 0 Å². The highest BCUT2D eigenvalue weighted by Gasteiger charge is 2.19. The summed E-state index contributed by atoms with van der Waals surface area (Å²) in [6.45, 7) is 13.6. The Bertz CT molecular complexity index is 1350. The average molecular weight is 707 g/mol. The highest BCUT2D eigenvalue weighted by atomic mass is 14.8. The van der Waals surface area contributed by atoms with Crippen LogP contribution in [0.25, 0.3) is 11.1 Å². The van der Waals surface area contributed by atoms with Crippen molar-refractivity contribution in [3.05, 3.63) is 98.6 Å². The first kappa shape index (κ1) is 45.2. The number of aryl methyl sites for hydroxylation is 4. The van der Waals surface area contributed by atoms with Gasteiger partial charge in [-0.1, -0.05) is 193 Å². The topological polar surface area (TPSA) is 36.4 Å². The van der Waals surface area contributed by atoms with Crippen molar-refractivity contribution in [2.75, 3.05) is 0 Å². The fraction of sp³-hybridized carbons (Fsp3) is 0.640. The highest BCUT2D eigenvalue weighted by molar-refractivity contribution is 5.89. The Morgan fingerprint density at radius 1 is 0.519 bits per heavy atom. The molecule has 0 atom stereocenters. The lowest BCUT2D eigenvalue weighted by Crippen LogP contribution is -2.02. The van der Waals surface area contributed by atoms with Gasteiger partial charge in [-0.25, -0.2) is 0 Å². The smallest absolute Gasteiger partial charge is 0.303 e. The van der Waals surface area contributed by atoms with Gasteiger partial charge in [0.15, 0.2) is 0 Å². The molecule has 0 spiro atoms. The lowest BCUT2D eigenvalue weighted by molar-refractivity contribution is 0.00742. The van der Waals surface area contributed by atoms with Gasteiger partial charge in [0.1, 0.15) is 0 Å². The van der Waals surface area contributed by atoms with Crippen molar-refractivity contribution in [2.45, 2.75) is 208 Å². The van der Waals surface area contributed by atoms with Gasteiger partial charge in [-0.3, -0.25) is 0 Å². The molecule has 0 N–H and O–H groups in total. The van der Waals surface area contributed by atoms with Gasteiger partial charge in [0.25, 0.3) is 0 Å². The summed E-state index contributed by atoms with van der Waals surface area (Å²) < 4.78 is 0. The third-order valence-electron chi connectivity index (χ3n) is 10.7. The van der Waals surface area contributed by atoms with Crippen molar-refractivity contribution < 1.29 is 4.79 Å². The van der Waals surface area contributed by atoms with E-state index in [0.29, 0.717) is 0 Å². The van der Waals surface area contributed by atoms with E-state index in [9.17, 15) is 5.53 Å². The van der Waals surface area contributed by atoms with Crippen molar-refractivity contribution in [2.24, 2.45) is 0 Å². The van der Waals surface area contributed by atoms with Crippen molar-refractivity contribution in [1.29, 1.82) is 0 Å². The standard InChI is InChI=1S/C50H78N2/c1-7-13-17-18-19-20-21-22-23-24-25-26-27-28-29-30-34-49(46(41-52-51)33-16-10-4)50(47-37-42(11-5)35-43(12-6)38-47)48-39-44(31-14-8-2)36-45(40-48)32-15-9-3/h30,34-40H,7-29,31-33H2,1-6H3. The number of hydrogen-bond acceptors (Lipinski definition) is 0. The van der Waals surface area contributed by atoms with E-state index < -0.39 is 0 Å². The Morgan fingerprint density at radius 3 is 1.38 bits per heavy atom. The first-order valence-electron chi connectivity index (χ1n) is 22.2. The van der Waals surface area contributed by atoms with Crippen LogP contribution in [0, 0.1) is 0 Å². The van der Waals surface area contributed by atoms with Crippen molar-refractivity contribution in [1.82, 2.24) is 0 Å². The lowest BCUT2D eigenvalue weighted by atomic mass is 9.84. The molecule has 0 bridgehead atoms. The summed E-state index contributed by atoms with van der Waals surface area (Å²) in [6, 6.07) is 14.6. The monoisotopic (exact) mass is 707 g/mol. The van der Waals surface area contributed by atoms with Gasteiger partial charge in [-0.05, 0) is 103 Å². The van der Waals surface area contributed by atoms with Crippen LogP contribution in [0.15, 0.2) is 59.7 Å². The Labute approximate surface area is 322 Å².